The van der Waals surface area contributed by atoms with Gasteiger partial charge in [0, 0.05) is 6.04 Å². The summed E-state index contributed by atoms with van der Waals surface area (Å²) in [6.45, 7) is 4.81. The maximum Gasteiger partial charge on any atom is 0.197 e. The van der Waals surface area contributed by atoms with E-state index in [2.05, 4.69) is 16.6 Å². The molecule has 1 saturated carbocycles. The molecule has 0 bridgehead atoms. The fraction of sp³-hybridized carbons (Fsp3) is 0.727. The summed E-state index contributed by atoms with van der Waals surface area (Å²) in [6, 6.07) is 0.596. The fourth-order valence-electron chi connectivity index (χ4n) is 1.95. The van der Waals surface area contributed by atoms with Crippen molar-refractivity contribution in [1.29, 1.82) is 0 Å². The molecule has 0 aromatic carbocycles. The van der Waals surface area contributed by atoms with Gasteiger partial charge < -0.3 is 15.8 Å². The Morgan fingerprint density at radius 3 is 3.06 bits per heavy atom. The molecule has 90 valence electrons. The normalized spacial score (nSPS) is 23.1. The summed E-state index contributed by atoms with van der Waals surface area (Å²) in [6.07, 6.45) is 3.82. The summed E-state index contributed by atoms with van der Waals surface area (Å²) >= 11 is 1.39. The van der Waals surface area contributed by atoms with Gasteiger partial charge in [0.2, 0.25) is 0 Å². The number of hydrogen-bond acceptors (Lipinski definition) is 5. The second-order valence-corrected chi connectivity index (χ2v) is 4.97. The Bertz CT molecular complexity index is 353. The number of ether oxygens (including phenoxy) is 1. The first-order valence-corrected chi connectivity index (χ1v) is 6.68. The van der Waals surface area contributed by atoms with Crippen LogP contribution >= 0.6 is 11.5 Å². The lowest BCUT2D eigenvalue weighted by atomic mass is 10.2. The average Bonchev–Trinajstić information content (AvgIpc) is 2.90. The smallest absolute Gasteiger partial charge is 0.197 e. The van der Waals surface area contributed by atoms with Crippen LogP contribution in [0.3, 0.4) is 0 Å². The highest BCUT2D eigenvalue weighted by atomic mass is 32.1. The molecule has 1 aliphatic carbocycles. The van der Waals surface area contributed by atoms with Gasteiger partial charge in [0.05, 0.1) is 6.61 Å². The molecule has 1 fully saturated rings. The van der Waals surface area contributed by atoms with Gasteiger partial charge in [-0.25, -0.2) is 0 Å². The lowest BCUT2D eigenvalue weighted by Gasteiger charge is -2.06. The molecule has 2 atom stereocenters. The van der Waals surface area contributed by atoms with E-state index in [1.54, 1.807) is 0 Å². The van der Waals surface area contributed by atoms with Gasteiger partial charge in [0.25, 0.3) is 0 Å². The molecule has 0 radical (unpaired) electrons. The van der Waals surface area contributed by atoms with Crippen molar-refractivity contribution in [2.24, 2.45) is 5.92 Å². The van der Waals surface area contributed by atoms with Crippen LogP contribution in [-0.4, -0.2) is 17.0 Å². The highest BCUT2D eigenvalue weighted by molar-refractivity contribution is 7.11. The minimum Gasteiger partial charge on any atom is -0.487 e. The lowest BCUT2D eigenvalue weighted by molar-refractivity contribution is 0.344. The van der Waals surface area contributed by atoms with Crippen LogP contribution in [0.15, 0.2) is 0 Å². The van der Waals surface area contributed by atoms with E-state index >= 15 is 0 Å². The third-order valence-electron chi connectivity index (χ3n) is 2.86. The highest BCUT2D eigenvalue weighted by Gasteiger charge is 2.37. The Hall–Kier alpha value is -0.970. The number of rotatable bonds is 6. The standard InChI is InChI=1S/C11H19N3OS/c1-3-5-7-6-8(7)13-11-9(15-4-2)10(12)14-16-11/h7-8,13H,3-6H2,1-2H3,(H2,12,14). The van der Waals surface area contributed by atoms with Crippen LogP contribution in [0.4, 0.5) is 10.8 Å². The predicted molar refractivity (Wildman–Crippen MR) is 68.1 cm³/mol. The van der Waals surface area contributed by atoms with Crippen molar-refractivity contribution < 1.29 is 4.74 Å². The molecule has 0 aliphatic heterocycles. The fourth-order valence-corrected chi connectivity index (χ4v) is 2.68. The molecule has 1 aromatic rings. The monoisotopic (exact) mass is 241 g/mol. The molecule has 0 spiro atoms. The molecule has 1 aromatic heterocycles. The number of nitrogens with zero attached hydrogens (tertiary/aromatic N) is 1. The maximum absolute atomic E-state index is 5.75. The van der Waals surface area contributed by atoms with Crippen molar-refractivity contribution in [2.45, 2.75) is 39.2 Å². The van der Waals surface area contributed by atoms with Crippen LogP contribution in [-0.2, 0) is 0 Å². The molecule has 3 N–H and O–H groups in total. The third-order valence-corrected chi connectivity index (χ3v) is 3.64. The van der Waals surface area contributed by atoms with E-state index in [1.807, 2.05) is 6.92 Å². The number of nitrogens with two attached hydrogens (primary N) is 1. The van der Waals surface area contributed by atoms with Gasteiger partial charge in [-0.2, -0.15) is 4.37 Å². The average molecular weight is 241 g/mol. The summed E-state index contributed by atoms with van der Waals surface area (Å²) < 4.78 is 9.61. The van der Waals surface area contributed by atoms with Crippen molar-refractivity contribution in [2.75, 3.05) is 17.7 Å². The van der Waals surface area contributed by atoms with Gasteiger partial charge in [0.15, 0.2) is 16.6 Å². The molecule has 1 aliphatic rings. The van der Waals surface area contributed by atoms with Crippen molar-refractivity contribution in [3.05, 3.63) is 0 Å². The van der Waals surface area contributed by atoms with E-state index < -0.39 is 0 Å². The molecule has 2 unspecified atom stereocenters. The minimum atomic E-state index is 0.502. The molecule has 0 saturated heterocycles. The van der Waals surface area contributed by atoms with Gasteiger partial charge in [0.1, 0.15) is 0 Å². The van der Waals surface area contributed by atoms with Crippen LogP contribution in [0.5, 0.6) is 5.75 Å². The summed E-state index contributed by atoms with van der Waals surface area (Å²) in [5.41, 5.74) is 5.75. The zero-order valence-electron chi connectivity index (χ0n) is 9.82. The summed E-state index contributed by atoms with van der Waals surface area (Å²) in [5.74, 6) is 2.06. The quantitative estimate of drug-likeness (QED) is 0.804. The number of hydrogen-bond donors (Lipinski definition) is 2. The molecular weight excluding hydrogens is 222 g/mol. The lowest BCUT2D eigenvalue weighted by Crippen LogP contribution is -2.05. The van der Waals surface area contributed by atoms with Gasteiger partial charge in [-0.05, 0) is 37.2 Å². The Balaban J connectivity index is 1.94. The van der Waals surface area contributed by atoms with Crippen molar-refractivity contribution in [1.82, 2.24) is 4.37 Å². The van der Waals surface area contributed by atoms with Gasteiger partial charge >= 0.3 is 0 Å². The second-order valence-electron chi connectivity index (χ2n) is 4.19. The largest absolute Gasteiger partial charge is 0.487 e. The van der Waals surface area contributed by atoms with E-state index in [0.29, 0.717) is 18.5 Å². The molecular formula is C11H19N3OS. The summed E-state index contributed by atoms with van der Waals surface area (Å²) in [7, 11) is 0. The van der Waals surface area contributed by atoms with E-state index in [9.17, 15) is 0 Å². The van der Waals surface area contributed by atoms with Gasteiger partial charge in [-0.1, -0.05) is 13.3 Å². The van der Waals surface area contributed by atoms with Crippen molar-refractivity contribution in [3.63, 3.8) is 0 Å². The van der Waals surface area contributed by atoms with Crippen LogP contribution in [0.25, 0.3) is 0 Å². The van der Waals surface area contributed by atoms with Crippen LogP contribution in [0.2, 0.25) is 0 Å². The Kier molecular flexibility index (Phi) is 3.53. The Morgan fingerprint density at radius 2 is 2.38 bits per heavy atom. The van der Waals surface area contributed by atoms with Crippen molar-refractivity contribution in [3.8, 4) is 5.75 Å². The van der Waals surface area contributed by atoms with E-state index in [4.69, 9.17) is 10.5 Å². The van der Waals surface area contributed by atoms with E-state index in [0.717, 1.165) is 16.7 Å². The van der Waals surface area contributed by atoms with Crippen LogP contribution in [0.1, 0.15) is 33.1 Å². The predicted octanol–water partition coefficient (Wildman–Crippen LogP) is 2.72. The summed E-state index contributed by atoms with van der Waals surface area (Å²) in [4.78, 5) is 0. The molecule has 2 rings (SSSR count). The number of aromatic nitrogens is 1. The number of anilines is 2. The third kappa shape index (κ3) is 2.40. The highest BCUT2D eigenvalue weighted by Crippen LogP contribution is 2.42. The summed E-state index contributed by atoms with van der Waals surface area (Å²) in [5, 5.41) is 4.46. The minimum absolute atomic E-state index is 0.502. The molecule has 0 amide bonds. The topological polar surface area (TPSA) is 60.2 Å². The maximum atomic E-state index is 5.75. The Morgan fingerprint density at radius 1 is 1.56 bits per heavy atom. The molecule has 5 heteroatoms. The molecule has 16 heavy (non-hydrogen) atoms. The second kappa shape index (κ2) is 4.91. The van der Waals surface area contributed by atoms with Gasteiger partial charge in [-0.15, -0.1) is 0 Å². The first kappa shape index (κ1) is 11.5. The number of nitrogen functional groups attached to an aromatic ring is 1. The zero-order chi connectivity index (χ0) is 11.5. The first-order chi connectivity index (χ1) is 7.76. The van der Waals surface area contributed by atoms with E-state index in [1.165, 1.54) is 30.8 Å². The molecule has 4 nitrogen and oxygen atoms in total. The van der Waals surface area contributed by atoms with E-state index in [-0.39, 0.29) is 0 Å². The van der Waals surface area contributed by atoms with Crippen LogP contribution < -0.4 is 15.8 Å². The van der Waals surface area contributed by atoms with Gasteiger partial charge in [-0.3, -0.25) is 0 Å². The number of nitrogens with one attached hydrogen (secondary N) is 1. The Labute approximate surface area is 100 Å². The zero-order valence-corrected chi connectivity index (χ0v) is 10.6. The SMILES string of the molecule is CCCC1CC1Nc1snc(N)c1OCC. The first-order valence-electron chi connectivity index (χ1n) is 5.90. The van der Waals surface area contributed by atoms with Crippen LogP contribution in [0, 0.1) is 5.92 Å². The van der Waals surface area contributed by atoms with Crippen molar-refractivity contribution >= 4 is 22.4 Å². The molecule has 1 heterocycles.